The number of aromatic nitrogens is 2. The van der Waals surface area contributed by atoms with E-state index >= 15 is 0 Å². The standard InChI is InChI=1S/C17H26N4O2/c1-17(2,22)11-21-15-4-3-13(9-14(15)20-16(21)18)19-10-12-5-7-23-8-6-12/h3-4,9,12,19,22H,5-8,10-11H2,1-2H3,(H2,18,20). The van der Waals surface area contributed by atoms with E-state index in [9.17, 15) is 5.11 Å². The maximum Gasteiger partial charge on any atom is 0.201 e. The highest BCUT2D eigenvalue weighted by molar-refractivity contribution is 5.82. The van der Waals surface area contributed by atoms with E-state index in [2.05, 4.69) is 10.3 Å². The first-order valence-electron chi connectivity index (χ1n) is 8.22. The second-order valence-corrected chi connectivity index (χ2v) is 7.01. The molecule has 0 amide bonds. The topological polar surface area (TPSA) is 85.3 Å². The van der Waals surface area contributed by atoms with Crippen LogP contribution in [0.4, 0.5) is 11.6 Å². The lowest BCUT2D eigenvalue weighted by Crippen LogP contribution is -2.26. The molecule has 1 fully saturated rings. The molecule has 1 saturated heterocycles. The van der Waals surface area contributed by atoms with E-state index in [1.165, 1.54) is 0 Å². The van der Waals surface area contributed by atoms with Crippen LogP contribution in [-0.2, 0) is 11.3 Å². The lowest BCUT2D eigenvalue weighted by molar-refractivity contribution is 0.0632. The van der Waals surface area contributed by atoms with Crippen LogP contribution < -0.4 is 11.1 Å². The average Bonchev–Trinajstić information content (AvgIpc) is 2.80. The van der Waals surface area contributed by atoms with Crippen LogP contribution in [0, 0.1) is 5.92 Å². The minimum absolute atomic E-state index is 0.421. The van der Waals surface area contributed by atoms with Crippen molar-refractivity contribution in [3.63, 3.8) is 0 Å². The number of aliphatic hydroxyl groups is 1. The van der Waals surface area contributed by atoms with E-state index in [1.807, 2.05) is 22.8 Å². The molecule has 0 atom stereocenters. The number of fused-ring (bicyclic) bond motifs is 1. The van der Waals surface area contributed by atoms with E-state index < -0.39 is 5.60 Å². The molecule has 0 unspecified atom stereocenters. The second-order valence-electron chi connectivity index (χ2n) is 7.01. The minimum Gasteiger partial charge on any atom is -0.389 e. The number of ether oxygens (including phenoxy) is 1. The van der Waals surface area contributed by atoms with Gasteiger partial charge >= 0.3 is 0 Å². The first kappa shape index (κ1) is 16.1. The number of imidazole rings is 1. The van der Waals surface area contributed by atoms with Gasteiger partial charge in [-0.3, -0.25) is 0 Å². The number of hydrogen-bond donors (Lipinski definition) is 3. The van der Waals surface area contributed by atoms with Crippen LogP contribution in [0.3, 0.4) is 0 Å². The predicted molar refractivity (Wildman–Crippen MR) is 92.5 cm³/mol. The molecule has 1 aromatic heterocycles. The zero-order valence-corrected chi connectivity index (χ0v) is 13.9. The Bertz CT molecular complexity index is 669. The third kappa shape index (κ3) is 3.95. The van der Waals surface area contributed by atoms with Crippen LogP contribution in [0.1, 0.15) is 26.7 Å². The second kappa shape index (κ2) is 6.37. The minimum atomic E-state index is -0.832. The summed E-state index contributed by atoms with van der Waals surface area (Å²) in [6.07, 6.45) is 2.23. The molecule has 6 heteroatoms. The highest BCUT2D eigenvalue weighted by Gasteiger charge is 2.18. The van der Waals surface area contributed by atoms with Crippen LogP contribution >= 0.6 is 0 Å². The van der Waals surface area contributed by atoms with Crippen molar-refractivity contribution in [2.75, 3.05) is 30.8 Å². The fourth-order valence-corrected chi connectivity index (χ4v) is 3.02. The monoisotopic (exact) mass is 318 g/mol. The van der Waals surface area contributed by atoms with Crippen LogP contribution in [0.25, 0.3) is 11.0 Å². The molecule has 1 aliphatic heterocycles. The van der Waals surface area contributed by atoms with Gasteiger partial charge in [-0.05, 0) is 50.8 Å². The Morgan fingerprint density at radius 3 is 2.83 bits per heavy atom. The van der Waals surface area contributed by atoms with E-state index in [0.29, 0.717) is 18.4 Å². The van der Waals surface area contributed by atoms with Crippen molar-refractivity contribution in [2.45, 2.75) is 38.8 Å². The molecule has 6 nitrogen and oxygen atoms in total. The van der Waals surface area contributed by atoms with E-state index in [0.717, 1.165) is 49.3 Å². The summed E-state index contributed by atoms with van der Waals surface area (Å²) in [4.78, 5) is 4.42. The summed E-state index contributed by atoms with van der Waals surface area (Å²) in [6, 6.07) is 6.08. The van der Waals surface area contributed by atoms with E-state index in [1.54, 1.807) is 13.8 Å². The Labute approximate surface area is 136 Å². The number of hydrogen-bond acceptors (Lipinski definition) is 5. The fraction of sp³-hybridized carbons (Fsp3) is 0.588. The molecule has 2 aromatic rings. The fourth-order valence-electron chi connectivity index (χ4n) is 3.02. The number of nitrogen functional groups attached to an aromatic ring is 1. The molecule has 3 rings (SSSR count). The number of nitrogens with zero attached hydrogens (tertiary/aromatic N) is 2. The number of anilines is 2. The molecule has 0 aliphatic carbocycles. The van der Waals surface area contributed by atoms with E-state index in [-0.39, 0.29) is 0 Å². The maximum atomic E-state index is 10.0. The molecule has 126 valence electrons. The summed E-state index contributed by atoms with van der Waals surface area (Å²) in [5, 5.41) is 13.5. The van der Waals surface area contributed by atoms with Gasteiger partial charge in [0, 0.05) is 25.4 Å². The maximum absolute atomic E-state index is 10.0. The van der Waals surface area contributed by atoms with Gasteiger partial charge < -0.3 is 25.5 Å². The quantitative estimate of drug-likeness (QED) is 0.787. The highest BCUT2D eigenvalue weighted by atomic mass is 16.5. The molecule has 2 heterocycles. The molecule has 0 spiro atoms. The van der Waals surface area contributed by atoms with Gasteiger partial charge in [-0.15, -0.1) is 0 Å². The highest BCUT2D eigenvalue weighted by Crippen LogP contribution is 2.24. The van der Waals surface area contributed by atoms with Gasteiger partial charge in [-0.1, -0.05) is 0 Å². The molecule has 4 N–H and O–H groups in total. The van der Waals surface area contributed by atoms with Crippen LogP contribution in [0.2, 0.25) is 0 Å². The predicted octanol–water partition coefficient (Wildman–Crippen LogP) is 2.23. The zero-order chi connectivity index (χ0) is 16.4. The first-order valence-corrected chi connectivity index (χ1v) is 8.22. The largest absolute Gasteiger partial charge is 0.389 e. The molecule has 1 aromatic carbocycles. The van der Waals surface area contributed by atoms with Crippen molar-refractivity contribution in [2.24, 2.45) is 5.92 Å². The molecule has 1 aliphatic rings. The molecule has 0 radical (unpaired) electrons. The molecular formula is C17H26N4O2. The van der Waals surface area contributed by atoms with Gasteiger partial charge in [0.2, 0.25) is 5.95 Å². The Morgan fingerprint density at radius 1 is 1.39 bits per heavy atom. The van der Waals surface area contributed by atoms with Crippen molar-refractivity contribution in [3.05, 3.63) is 18.2 Å². The number of benzene rings is 1. The smallest absolute Gasteiger partial charge is 0.201 e. The van der Waals surface area contributed by atoms with Crippen molar-refractivity contribution in [1.29, 1.82) is 0 Å². The summed E-state index contributed by atoms with van der Waals surface area (Å²) >= 11 is 0. The molecule has 0 saturated carbocycles. The third-order valence-electron chi connectivity index (χ3n) is 4.26. The van der Waals surface area contributed by atoms with Gasteiger partial charge in [-0.2, -0.15) is 0 Å². The van der Waals surface area contributed by atoms with Gasteiger partial charge in [0.1, 0.15) is 0 Å². The number of nitrogens with one attached hydrogen (secondary N) is 1. The Morgan fingerprint density at radius 2 is 2.13 bits per heavy atom. The van der Waals surface area contributed by atoms with Crippen molar-refractivity contribution < 1.29 is 9.84 Å². The lowest BCUT2D eigenvalue weighted by Gasteiger charge is -2.22. The number of rotatable bonds is 5. The summed E-state index contributed by atoms with van der Waals surface area (Å²) in [5.41, 5.74) is 8.03. The lowest BCUT2D eigenvalue weighted by atomic mass is 10.0. The Kier molecular flexibility index (Phi) is 4.46. The third-order valence-corrected chi connectivity index (χ3v) is 4.26. The van der Waals surface area contributed by atoms with Gasteiger partial charge in [0.05, 0.1) is 23.2 Å². The normalized spacial score (nSPS) is 16.8. The number of nitrogens with two attached hydrogens (primary N) is 1. The molecule has 23 heavy (non-hydrogen) atoms. The summed E-state index contributed by atoms with van der Waals surface area (Å²) in [6.45, 7) is 6.63. The van der Waals surface area contributed by atoms with Crippen LogP contribution in [0.15, 0.2) is 18.2 Å². The SMILES string of the molecule is CC(C)(O)Cn1c(N)nc2cc(NCC3CCOCC3)ccc21. The summed E-state index contributed by atoms with van der Waals surface area (Å²) in [5.74, 6) is 1.10. The zero-order valence-electron chi connectivity index (χ0n) is 13.9. The molecule has 0 bridgehead atoms. The van der Waals surface area contributed by atoms with Crippen LogP contribution in [0.5, 0.6) is 0 Å². The van der Waals surface area contributed by atoms with Crippen molar-refractivity contribution in [1.82, 2.24) is 9.55 Å². The average molecular weight is 318 g/mol. The van der Waals surface area contributed by atoms with Crippen LogP contribution in [-0.4, -0.2) is 40.0 Å². The van der Waals surface area contributed by atoms with Crippen molar-refractivity contribution >= 4 is 22.7 Å². The Hall–Kier alpha value is -1.79. The Balaban J connectivity index is 1.74. The van der Waals surface area contributed by atoms with Gasteiger partial charge in [-0.25, -0.2) is 4.98 Å². The summed E-state index contributed by atoms with van der Waals surface area (Å²) < 4.78 is 7.25. The van der Waals surface area contributed by atoms with Gasteiger partial charge in [0.15, 0.2) is 0 Å². The van der Waals surface area contributed by atoms with Crippen molar-refractivity contribution in [3.8, 4) is 0 Å². The summed E-state index contributed by atoms with van der Waals surface area (Å²) in [7, 11) is 0. The molecular weight excluding hydrogens is 292 g/mol. The first-order chi connectivity index (χ1) is 10.9. The van der Waals surface area contributed by atoms with E-state index in [4.69, 9.17) is 10.5 Å². The van der Waals surface area contributed by atoms with Gasteiger partial charge in [0.25, 0.3) is 0 Å².